The van der Waals surface area contributed by atoms with Gasteiger partial charge in [-0.15, -0.1) is 0 Å². The first-order valence-corrected chi connectivity index (χ1v) is 11.2. The predicted molar refractivity (Wildman–Crippen MR) is 113 cm³/mol. The number of nitrogens with zero attached hydrogens (tertiary/aromatic N) is 2. The summed E-state index contributed by atoms with van der Waals surface area (Å²) in [5.41, 5.74) is 0.974. The van der Waals surface area contributed by atoms with Crippen LogP contribution >= 0.6 is 11.6 Å². The second-order valence-electron chi connectivity index (χ2n) is 6.57. The highest BCUT2D eigenvalue weighted by molar-refractivity contribution is 7.89. The average Bonchev–Trinajstić information content (AvgIpc) is 2.74. The van der Waals surface area contributed by atoms with Crippen molar-refractivity contribution < 1.29 is 22.7 Å². The van der Waals surface area contributed by atoms with Crippen LogP contribution in [0.2, 0.25) is 5.02 Å². The van der Waals surface area contributed by atoms with Crippen molar-refractivity contribution in [1.82, 2.24) is 9.21 Å². The van der Waals surface area contributed by atoms with Gasteiger partial charge in [-0.25, -0.2) is 13.2 Å². The summed E-state index contributed by atoms with van der Waals surface area (Å²) in [4.78, 5) is 26.0. The lowest BCUT2D eigenvalue weighted by molar-refractivity contribution is 0.0698. The van der Waals surface area contributed by atoms with Gasteiger partial charge in [0.25, 0.3) is 5.91 Å². The summed E-state index contributed by atoms with van der Waals surface area (Å²) in [7, 11) is -3.63. The Labute approximate surface area is 180 Å². The fraction of sp³-hybridized carbons (Fsp3) is 0.300. The van der Waals surface area contributed by atoms with Gasteiger partial charge in [-0.05, 0) is 55.5 Å². The number of anilines is 1. The normalized spacial score (nSPS) is 14.9. The third kappa shape index (κ3) is 5.10. The van der Waals surface area contributed by atoms with E-state index in [9.17, 15) is 18.0 Å². The molecule has 160 valence electrons. The Morgan fingerprint density at radius 2 is 1.60 bits per heavy atom. The maximum atomic E-state index is 12.8. The van der Waals surface area contributed by atoms with Crippen LogP contribution in [0.5, 0.6) is 0 Å². The molecular weight excluding hydrogens is 430 g/mol. The summed E-state index contributed by atoms with van der Waals surface area (Å²) in [5.74, 6) is -0.193. The number of nitrogens with one attached hydrogen (secondary N) is 1. The Kier molecular flexibility index (Phi) is 6.96. The first-order chi connectivity index (χ1) is 14.3. The molecule has 2 aromatic carbocycles. The zero-order valence-electron chi connectivity index (χ0n) is 16.4. The Morgan fingerprint density at radius 1 is 1.00 bits per heavy atom. The summed E-state index contributed by atoms with van der Waals surface area (Å²) in [6.07, 6.45) is -0.561. The van der Waals surface area contributed by atoms with Crippen molar-refractivity contribution >= 4 is 39.3 Å². The molecule has 30 heavy (non-hydrogen) atoms. The van der Waals surface area contributed by atoms with Crippen molar-refractivity contribution in [2.75, 3.05) is 38.1 Å². The van der Waals surface area contributed by atoms with Gasteiger partial charge in [0, 0.05) is 42.5 Å². The first-order valence-electron chi connectivity index (χ1n) is 9.40. The minimum Gasteiger partial charge on any atom is -0.450 e. The van der Waals surface area contributed by atoms with Crippen molar-refractivity contribution in [1.29, 1.82) is 0 Å². The molecule has 0 radical (unpaired) electrons. The van der Waals surface area contributed by atoms with E-state index in [1.807, 2.05) is 0 Å². The number of sulfonamides is 1. The highest BCUT2D eigenvalue weighted by atomic mass is 35.5. The van der Waals surface area contributed by atoms with Crippen molar-refractivity contribution in [3.05, 3.63) is 59.1 Å². The van der Waals surface area contributed by atoms with E-state index in [1.54, 1.807) is 36.1 Å². The average molecular weight is 452 g/mol. The molecule has 0 atom stereocenters. The molecule has 8 nitrogen and oxygen atoms in total. The lowest BCUT2D eigenvalue weighted by Gasteiger charge is -2.34. The molecule has 2 aromatic rings. The molecule has 0 aliphatic carbocycles. The fourth-order valence-corrected chi connectivity index (χ4v) is 4.60. The van der Waals surface area contributed by atoms with E-state index in [0.29, 0.717) is 16.3 Å². The van der Waals surface area contributed by atoms with Gasteiger partial charge in [-0.1, -0.05) is 11.6 Å². The molecular formula is C20H22ClN3O5S. The number of rotatable bonds is 5. The molecule has 3 rings (SSSR count). The predicted octanol–water partition coefficient (Wildman–Crippen LogP) is 3.06. The lowest BCUT2D eigenvalue weighted by atomic mass is 10.1. The summed E-state index contributed by atoms with van der Waals surface area (Å²) in [6.45, 7) is 2.96. The maximum absolute atomic E-state index is 12.8. The Balaban J connectivity index is 1.60. The quantitative estimate of drug-likeness (QED) is 0.753. The number of amides is 2. The van der Waals surface area contributed by atoms with Gasteiger partial charge in [-0.2, -0.15) is 4.31 Å². The standard InChI is InChI=1S/C20H22ClN3O5S/c1-2-29-20(26)22-17-7-3-15(4-8-17)19(25)23-11-13-24(14-12-23)30(27,28)18-9-5-16(21)6-10-18/h3-10H,2,11-14H2,1H3,(H,22,26). The fourth-order valence-electron chi connectivity index (χ4n) is 3.05. The minimum atomic E-state index is -3.63. The highest BCUT2D eigenvalue weighted by Gasteiger charge is 2.30. The number of carbonyl (C=O) groups is 2. The van der Waals surface area contributed by atoms with E-state index < -0.39 is 16.1 Å². The maximum Gasteiger partial charge on any atom is 0.411 e. The summed E-state index contributed by atoms with van der Waals surface area (Å²) < 4.78 is 31.7. The molecule has 0 unspecified atom stereocenters. The van der Waals surface area contributed by atoms with Crippen LogP contribution in [-0.2, 0) is 14.8 Å². The summed E-state index contributed by atoms with van der Waals surface area (Å²) in [6, 6.07) is 12.5. The van der Waals surface area contributed by atoms with Crippen LogP contribution in [0.3, 0.4) is 0 Å². The second kappa shape index (κ2) is 9.46. The van der Waals surface area contributed by atoms with Gasteiger partial charge in [0.2, 0.25) is 10.0 Å². The van der Waals surface area contributed by atoms with Gasteiger partial charge in [0.05, 0.1) is 11.5 Å². The molecule has 1 N–H and O–H groups in total. The minimum absolute atomic E-state index is 0.177. The van der Waals surface area contributed by atoms with Gasteiger partial charge in [0.15, 0.2) is 0 Å². The van der Waals surface area contributed by atoms with Crippen molar-refractivity contribution in [3.8, 4) is 0 Å². The summed E-state index contributed by atoms with van der Waals surface area (Å²) in [5, 5.41) is 3.03. The zero-order chi connectivity index (χ0) is 21.7. The number of piperazine rings is 1. The third-order valence-corrected chi connectivity index (χ3v) is 6.80. The second-order valence-corrected chi connectivity index (χ2v) is 8.95. The van der Waals surface area contributed by atoms with Gasteiger partial charge < -0.3 is 9.64 Å². The van der Waals surface area contributed by atoms with E-state index in [0.717, 1.165) is 0 Å². The van der Waals surface area contributed by atoms with Crippen LogP contribution in [-0.4, -0.2) is 62.4 Å². The summed E-state index contributed by atoms with van der Waals surface area (Å²) >= 11 is 5.83. The first kappa shape index (κ1) is 22.1. The smallest absolute Gasteiger partial charge is 0.411 e. The Morgan fingerprint density at radius 3 is 2.17 bits per heavy atom. The lowest BCUT2D eigenvalue weighted by Crippen LogP contribution is -2.50. The molecule has 10 heteroatoms. The number of carbonyl (C=O) groups excluding carboxylic acids is 2. The number of benzene rings is 2. The number of hydrogen-bond donors (Lipinski definition) is 1. The monoisotopic (exact) mass is 451 g/mol. The number of halogens is 1. The molecule has 0 aromatic heterocycles. The van der Waals surface area contributed by atoms with E-state index in [-0.39, 0.29) is 43.6 Å². The van der Waals surface area contributed by atoms with Crippen LogP contribution < -0.4 is 5.32 Å². The van der Waals surface area contributed by atoms with Gasteiger partial charge in [0.1, 0.15) is 0 Å². The zero-order valence-corrected chi connectivity index (χ0v) is 17.9. The molecule has 1 aliphatic rings. The van der Waals surface area contributed by atoms with Crippen LogP contribution in [0.1, 0.15) is 17.3 Å². The van der Waals surface area contributed by atoms with E-state index in [1.165, 1.54) is 28.6 Å². The van der Waals surface area contributed by atoms with E-state index in [4.69, 9.17) is 16.3 Å². The molecule has 1 heterocycles. The molecule has 2 amide bonds. The van der Waals surface area contributed by atoms with Crippen LogP contribution in [0.15, 0.2) is 53.4 Å². The van der Waals surface area contributed by atoms with Gasteiger partial charge in [-0.3, -0.25) is 10.1 Å². The Hall–Kier alpha value is -2.62. The molecule has 0 spiro atoms. The van der Waals surface area contributed by atoms with Crippen LogP contribution in [0.4, 0.5) is 10.5 Å². The number of hydrogen-bond acceptors (Lipinski definition) is 5. The topological polar surface area (TPSA) is 96.0 Å². The highest BCUT2D eigenvalue weighted by Crippen LogP contribution is 2.21. The van der Waals surface area contributed by atoms with E-state index >= 15 is 0 Å². The molecule has 0 saturated carbocycles. The van der Waals surface area contributed by atoms with Gasteiger partial charge >= 0.3 is 6.09 Å². The SMILES string of the molecule is CCOC(=O)Nc1ccc(C(=O)N2CCN(S(=O)(=O)c3ccc(Cl)cc3)CC2)cc1. The largest absolute Gasteiger partial charge is 0.450 e. The molecule has 0 bridgehead atoms. The Bertz CT molecular complexity index is 1000. The van der Waals surface area contributed by atoms with Crippen molar-refractivity contribution in [2.24, 2.45) is 0 Å². The van der Waals surface area contributed by atoms with E-state index in [2.05, 4.69) is 5.32 Å². The molecule has 1 fully saturated rings. The number of ether oxygens (including phenoxy) is 1. The molecule has 1 saturated heterocycles. The van der Waals surface area contributed by atoms with Crippen molar-refractivity contribution in [2.45, 2.75) is 11.8 Å². The third-order valence-electron chi connectivity index (χ3n) is 4.63. The van der Waals surface area contributed by atoms with Crippen LogP contribution in [0.25, 0.3) is 0 Å². The van der Waals surface area contributed by atoms with Crippen LogP contribution in [0, 0.1) is 0 Å². The van der Waals surface area contributed by atoms with Crippen molar-refractivity contribution in [3.63, 3.8) is 0 Å². The molecule has 1 aliphatic heterocycles.